The van der Waals surface area contributed by atoms with Crippen molar-refractivity contribution in [1.29, 1.82) is 0 Å². The molecule has 8 nitrogen and oxygen atoms in total. The normalized spacial score (nSPS) is 20.6. The molecule has 0 bridgehead atoms. The Morgan fingerprint density at radius 3 is 2.42 bits per heavy atom. The van der Waals surface area contributed by atoms with E-state index in [1.807, 2.05) is 21.7 Å². The van der Waals surface area contributed by atoms with Crippen LogP contribution in [0.15, 0.2) is 24.3 Å². The summed E-state index contributed by atoms with van der Waals surface area (Å²) in [6.45, 7) is 5.02. The lowest BCUT2D eigenvalue weighted by molar-refractivity contribution is -0.149. The molecule has 0 unspecified atom stereocenters. The third-order valence-electron chi connectivity index (χ3n) is 5.56. The van der Waals surface area contributed by atoms with E-state index in [2.05, 4.69) is 5.32 Å². The molecule has 2 aliphatic heterocycles. The predicted octanol–water partition coefficient (Wildman–Crippen LogP) is 2.14. The highest BCUT2D eigenvalue weighted by molar-refractivity contribution is 6.21. The van der Waals surface area contributed by atoms with Crippen LogP contribution in [0.1, 0.15) is 60.2 Å². The van der Waals surface area contributed by atoms with E-state index in [9.17, 15) is 14.4 Å². The van der Waals surface area contributed by atoms with Crippen LogP contribution >= 0.6 is 0 Å². The molecular weight excluding hydrogens is 399 g/mol. The molecule has 9 heteroatoms. The van der Waals surface area contributed by atoms with Crippen LogP contribution in [0.4, 0.5) is 4.79 Å². The first-order valence-corrected chi connectivity index (χ1v) is 11.0. The minimum atomic E-state index is -0.648. The van der Waals surface area contributed by atoms with Gasteiger partial charge in [-0.3, -0.25) is 14.5 Å². The van der Waals surface area contributed by atoms with Crippen molar-refractivity contribution in [2.75, 3.05) is 19.7 Å². The molecule has 0 radical (unpaired) electrons. The van der Waals surface area contributed by atoms with E-state index >= 15 is 0 Å². The van der Waals surface area contributed by atoms with Crippen molar-refractivity contribution >= 4 is 25.8 Å². The summed E-state index contributed by atoms with van der Waals surface area (Å²) < 4.78 is 16.8. The summed E-state index contributed by atoms with van der Waals surface area (Å²) >= 11 is 0. The van der Waals surface area contributed by atoms with Crippen LogP contribution in [-0.4, -0.2) is 68.3 Å². The number of imide groups is 1. The second kappa shape index (κ2) is 10.3. The zero-order valence-corrected chi connectivity index (χ0v) is 18.5. The molecule has 3 rings (SSSR count). The van der Waals surface area contributed by atoms with Gasteiger partial charge in [0.05, 0.1) is 17.7 Å². The summed E-state index contributed by atoms with van der Waals surface area (Å²) in [7, 11) is 1.95. The van der Waals surface area contributed by atoms with Gasteiger partial charge in [-0.2, -0.15) is 0 Å². The quantitative estimate of drug-likeness (QED) is 0.347. The van der Waals surface area contributed by atoms with Gasteiger partial charge in [0.1, 0.15) is 20.1 Å². The number of nitrogens with zero attached hydrogens (tertiary/aromatic N) is 1. The monoisotopic (exact) mass is 430 g/mol. The minimum Gasteiger partial charge on any atom is -0.444 e. The minimum absolute atomic E-state index is 0.212. The second-order valence-corrected chi connectivity index (χ2v) is 8.37. The Balaban J connectivity index is 1.27. The zero-order chi connectivity index (χ0) is 22.4. The first-order chi connectivity index (χ1) is 14.8. The number of nitrogens with one attached hydrogen (secondary N) is 1. The Morgan fingerprint density at radius 2 is 1.84 bits per heavy atom. The van der Waals surface area contributed by atoms with Crippen LogP contribution in [0.5, 0.6) is 0 Å². The zero-order valence-electron chi connectivity index (χ0n) is 18.5. The van der Waals surface area contributed by atoms with Crippen LogP contribution in [0, 0.1) is 0 Å². The summed E-state index contributed by atoms with van der Waals surface area (Å²) in [5, 5.41) is 2.77. The molecule has 2 aliphatic rings. The highest BCUT2D eigenvalue weighted by Gasteiger charge is 2.38. The molecule has 1 N–H and O–H groups in total. The summed E-state index contributed by atoms with van der Waals surface area (Å²) in [6, 6.07) is 6.92. The van der Waals surface area contributed by atoms with E-state index in [1.165, 1.54) is 4.90 Å². The van der Waals surface area contributed by atoms with Crippen LogP contribution in [0.2, 0.25) is 6.32 Å². The fourth-order valence-electron chi connectivity index (χ4n) is 3.88. The van der Waals surface area contributed by atoms with Crippen LogP contribution in [0.3, 0.4) is 0 Å². The molecule has 1 fully saturated rings. The molecule has 1 saturated heterocycles. The number of unbranched alkanes of at least 4 members (excludes halogenated alkanes) is 3. The Bertz CT molecular complexity index is 780. The molecule has 31 heavy (non-hydrogen) atoms. The summed E-state index contributed by atoms with van der Waals surface area (Å²) in [5.41, 5.74) is 0.970. The molecule has 0 aliphatic carbocycles. The number of amides is 3. The number of carbonyl (C=O) groups is 3. The van der Waals surface area contributed by atoms with Gasteiger partial charge in [0, 0.05) is 13.1 Å². The fourth-order valence-corrected chi connectivity index (χ4v) is 3.88. The lowest BCUT2D eigenvalue weighted by Crippen LogP contribution is -2.38. The van der Waals surface area contributed by atoms with Gasteiger partial charge in [-0.15, -0.1) is 0 Å². The van der Waals surface area contributed by atoms with Gasteiger partial charge < -0.3 is 19.5 Å². The van der Waals surface area contributed by atoms with Crippen molar-refractivity contribution in [1.82, 2.24) is 10.2 Å². The Kier molecular flexibility index (Phi) is 7.72. The highest BCUT2D eigenvalue weighted by Crippen LogP contribution is 2.26. The van der Waals surface area contributed by atoms with Crippen molar-refractivity contribution < 1.29 is 28.6 Å². The molecular formula is C22H31BN2O6. The van der Waals surface area contributed by atoms with Gasteiger partial charge in [0.2, 0.25) is 0 Å². The van der Waals surface area contributed by atoms with Gasteiger partial charge in [-0.25, -0.2) is 4.79 Å². The molecule has 3 amide bonds. The first-order valence-electron chi connectivity index (χ1n) is 11.0. The number of hydrogen-bond acceptors (Lipinski definition) is 6. The van der Waals surface area contributed by atoms with Crippen molar-refractivity contribution in [3.63, 3.8) is 0 Å². The lowest BCUT2D eigenvalue weighted by Gasteiger charge is -2.23. The van der Waals surface area contributed by atoms with Crippen LogP contribution in [-0.2, 0) is 14.2 Å². The van der Waals surface area contributed by atoms with Gasteiger partial charge in [-0.1, -0.05) is 25.0 Å². The molecule has 2 atom stereocenters. The summed E-state index contributed by atoms with van der Waals surface area (Å²) in [6.07, 6.45) is 2.88. The fraction of sp³-hybridized carbons (Fsp3) is 0.591. The second-order valence-electron chi connectivity index (χ2n) is 8.37. The molecule has 0 saturated carbocycles. The average Bonchev–Trinajstić information content (AvgIpc) is 3.23. The number of fused-ring (bicyclic) bond motifs is 1. The Labute approximate surface area is 184 Å². The van der Waals surface area contributed by atoms with Crippen molar-refractivity contribution in [3.05, 3.63) is 35.4 Å². The predicted molar refractivity (Wildman–Crippen MR) is 117 cm³/mol. The molecule has 0 aromatic heterocycles. The maximum atomic E-state index is 12.3. The number of carbonyl (C=O) groups excluding carboxylic acids is 3. The molecule has 168 valence electrons. The van der Waals surface area contributed by atoms with E-state index < -0.39 is 11.9 Å². The third kappa shape index (κ3) is 5.86. The van der Waals surface area contributed by atoms with E-state index in [1.54, 1.807) is 24.3 Å². The van der Waals surface area contributed by atoms with Crippen molar-refractivity contribution in [3.8, 4) is 0 Å². The van der Waals surface area contributed by atoms with Crippen LogP contribution in [0.25, 0.3) is 0 Å². The number of benzene rings is 1. The largest absolute Gasteiger partial charge is 0.444 e. The third-order valence-corrected chi connectivity index (χ3v) is 5.56. The lowest BCUT2D eigenvalue weighted by atomic mass is 9.96. The molecule has 1 aromatic rings. The van der Waals surface area contributed by atoms with Gasteiger partial charge in [-0.05, 0) is 45.1 Å². The average molecular weight is 430 g/mol. The first kappa shape index (κ1) is 23.3. The van der Waals surface area contributed by atoms with E-state index in [4.69, 9.17) is 14.2 Å². The molecule has 0 spiro atoms. The number of ether oxygens (including phenoxy) is 3. The van der Waals surface area contributed by atoms with Gasteiger partial charge in [0.25, 0.3) is 11.8 Å². The van der Waals surface area contributed by atoms with E-state index in [0.717, 1.165) is 25.7 Å². The van der Waals surface area contributed by atoms with Gasteiger partial charge >= 0.3 is 6.09 Å². The molecule has 2 heterocycles. The van der Waals surface area contributed by atoms with Crippen molar-refractivity contribution in [2.24, 2.45) is 0 Å². The smallest absolute Gasteiger partial charge is 0.407 e. The summed E-state index contributed by atoms with van der Waals surface area (Å²) in [4.78, 5) is 38.0. The van der Waals surface area contributed by atoms with Crippen LogP contribution < -0.4 is 5.32 Å². The Morgan fingerprint density at radius 1 is 1.19 bits per heavy atom. The summed E-state index contributed by atoms with van der Waals surface area (Å²) in [5.74, 6) is -1.07. The maximum Gasteiger partial charge on any atom is 0.407 e. The maximum absolute atomic E-state index is 12.3. The topological polar surface area (TPSA) is 94.2 Å². The Hall–Kier alpha value is -2.39. The van der Waals surface area contributed by atoms with E-state index in [0.29, 0.717) is 37.1 Å². The molecule has 1 aromatic carbocycles. The van der Waals surface area contributed by atoms with E-state index in [-0.39, 0.29) is 24.0 Å². The highest BCUT2D eigenvalue weighted by atomic mass is 16.8. The van der Waals surface area contributed by atoms with Gasteiger partial charge in [0.15, 0.2) is 5.79 Å². The van der Waals surface area contributed by atoms with Crippen molar-refractivity contribution in [2.45, 2.75) is 63.8 Å². The SMILES string of the molecule is BC[C@H](OC(=O)NCCCCCCN1C(=O)c2ccccc2C1=O)[C@@H]1COC(C)(C)O1. The number of alkyl carbamates (subject to hydrolysis) is 1. The standard InChI is InChI=1S/C22H31BN2O6/c1-22(2)29-14-18(31-22)17(13-23)30-21(28)24-11-7-3-4-8-12-25-19(26)15-9-5-6-10-16(15)20(25)27/h5-6,9-10,17-18H,3-4,7-8,11-14,23H2,1-2H3,(H,24,28)/t17-,18-/m0/s1. The number of rotatable bonds is 10. The number of hydrogen-bond donors (Lipinski definition) is 1.